The fraction of sp³-hybridized carbons (Fsp3) is 0.333. The third-order valence-electron chi connectivity index (χ3n) is 2.66. The van der Waals surface area contributed by atoms with E-state index in [-0.39, 0.29) is 17.8 Å². The molecule has 0 heterocycles. The lowest BCUT2D eigenvalue weighted by Gasteiger charge is -2.24. The Morgan fingerprint density at radius 2 is 1.70 bits per heavy atom. The van der Waals surface area contributed by atoms with E-state index in [1.54, 1.807) is 0 Å². The molecule has 0 saturated heterocycles. The van der Waals surface area contributed by atoms with E-state index < -0.39 is 27.9 Å². The van der Waals surface area contributed by atoms with Gasteiger partial charge in [0.25, 0.3) is 0 Å². The normalized spacial score (nSPS) is 12.7. The van der Waals surface area contributed by atoms with Gasteiger partial charge >= 0.3 is 11.9 Å². The van der Waals surface area contributed by atoms with E-state index in [9.17, 15) is 18.0 Å². The number of hydrogen-bond donors (Lipinski definition) is 2. The Bertz CT molecular complexity index is 607. The molecule has 0 fully saturated rings. The number of anilines is 1. The number of carboxylic acids is 2. The molecule has 0 aliphatic rings. The summed E-state index contributed by atoms with van der Waals surface area (Å²) in [5.74, 6) is -3.12. The minimum Gasteiger partial charge on any atom is -0.481 e. The van der Waals surface area contributed by atoms with E-state index in [0.29, 0.717) is 0 Å². The highest BCUT2D eigenvalue weighted by atomic mass is 32.2. The first-order valence-corrected chi connectivity index (χ1v) is 7.51. The highest BCUT2D eigenvalue weighted by Gasteiger charge is 2.23. The van der Waals surface area contributed by atoms with Gasteiger partial charge in [0, 0.05) is 6.54 Å². The van der Waals surface area contributed by atoms with Gasteiger partial charge in [0.2, 0.25) is 10.0 Å². The zero-order valence-corrected chi connectivity index (χ0v) is 11.8. The van der Waals surface area contributed by atoms with Gasteiger partial charge in [-0.1, -0.05) is 6.92 Å². The van der Waals surface area contributed by atoms with E-state index in [4.69, 9.17) is 10.2 Å². The number of rotatable bonds is 6. The lowest BCUT2D eigenvalue weighted by molar-refractivity contribution is -0.140. The molecule has 7 nitrogen and oxygen atoms in total. The van der Waals surface area contributed by atoms with Gasteiger partial charge in [-0.3, -0.25) is 9.10 Å². The van der Waals surface area contributed by atoms with Crippen molar-refractivity contribution in [1.29, 1.82) is 0 Å². The second kappa shape index (κ2) is 5.91. The van der Waals surface area contributed by atoms with E-state index in [1.807, 2.05) is 0 Å². The van der Waals surface area contributed by atoms with Gasteiger partial charge in [0.05, 0.1) is 23.4 Å². The zero-order valence-electron chi connectivity index (χ0n) is 11.0. The highest BCUT2D eigenvalue weighted by molar-refractivity contribution is 7.92. The van der Waals surface area contributed by atoms with Gasteiger partial charge < -0.3 is 10.2 Å². The molecule has 0 saturated carbocycles. The summed E-state index contributed by atoms with van der Waals surface area (Å²) in [5, 5.41) is 17.6. The Morgan fingerprint density at radius 3 is 2.05 bits per heavy atom. The quantitative estimate of drug-likeness (QED) is 0.806. The number of aliphatic carboxylic acids is 1. The monoisotopic (exact) mass is 301 g/mol. The smallest absolute Gasteiger partial charge is 0.335 e. The molecule has 1 aromatic carbocycles. The van der Waals surface area contributed by atoms with Crippen LogP contribution in [0.4, 0.5) is 5.69 Å². The predicted octanol–water partition coefficient (Wildman–Crippen LogP) is 0.871. The van der Waals surface area contributed by atoms with Crippen molar-refractivity contribution in [2.24, 2.45) is 5.92 Å². The average Bonchev–Trinajstić information content (AvgIpc) is 2.34. The fourth-order valence-electron chi connectivity index (χ4n) is 1.53. The molecule has 8 heteroatoms. The summed E-state index contributed by atoms with van der Waals surface area (Å²) in [7, 11) is -3.66. The lowest BCUT2D eigenvalue weighted by atomic mass is 10.1. The summed E-state index contributed by atoms with van der Waals surface area (Å²) in [5.41, 5.74) is 0.249. The van der Waals surface area contributed by atoms with Crippen molar-refractivity contribution in [2.45, 2.75) is 6.92 Å². The molecular weight excluding hydrogens is 286 g/mol. The number of aromatic carboxylic acids is 1. The summed E-state index contributed by atoms with van der Waals surface area (Å²) >= 11 is 0. The second-order valence-corrected chi connectivity index (χ2v) is 6.29. The summed E-state index contributed by atoms with van der Waals surface area (Å²) < 4.78 is 24.4. The summed E-state index contributed by atoms with van der Waals surface area (Å²) in [6, 6.07) is 5.20. The van der Waals surface area contributed by atoms with Crippen molar-refractivity contribution < 1.29 is 28.2 Å². The van der Waals surface area contributed by atoms with Crippen LogP contribution in [0.3, 0.4) is 0 Å². The van der Waals surface area contributed by atoms with E-state index in [1.165, 1.54) is 31.2 Å². The third kappa shape index (κ3) is 3.95. The lowest BCUT2D eigenvalue weighted by Crippen LogP contribution is -2.36. The second-order valence-electron chi connectivity index (χ2n) is 4.39. The Hall–Kier alpha value is -2.09. The first-order valence-electron chi connectivity index (χ1n) is 5.67. The molecule has 110 valence electrons. The van der Waals surface area contributed by atoms with Crippen LogP contribution in [0, 0.1) is 5.92 Å². The summed E-state index contributed by atoms with van der Waals surface area (Å²) in [6.07, 6.45) is 0.965. The Labute approximate surface area is 116 Å². The molecular formula is C12H15NO6S. The van der Waals surface area contributed by atoms with Gasteiger partial charge in [0.1, 0.15) is 0 Å². The summed E-state index contributed by atoms with van der Waals surface area (Å²) in [4.78, 5) is 21.6. The van der Waals surface area contributed by atoms with Crippen molar-refractivity contribution in [1.82, 2.24) is 0 Å². The first-order chi connectivity index (χ1) is 9.12. The maximum absolute atomic E-state index is 11.7. The molecule has 0 spiro atoms. The molecule has 1 unspecified atom stereocenters. The van der Waals surface area contributed by atoms with Crippen LogP contribution in [0.25, 0.3) is 0 Å². The minimum absolute atomic E-state index is 0.0217. The van der Waals surface area contributed by atoms with E-state index in [2.05, 4.69) is 0 Å². The first kappa shape index (κ1) is 16.0. The van der Waals surface area contributed by atoms with Gasteiger partial charge in [-0.25, -0.2) is 13.2 Å². The molecule has 0 radical (unpaired) electrons. The van der Waals surface area contributed by atoms with Gasteiger partial charge in [0.15, 0.2) is 0 Å². The van der Waals surface area contributed by atoms with Crippen LogP contribution in [0.5, 0.6) is 0 Å². The van der Waals surface area contributed by atoms with Crippen LogP contribution in [0.1, 0.15) is 17.3 Å². The molecule has 0 aromatic heterocycles. The molecule has 1 rings (SSSR count). The van der Waals surface area contributed by atoms with Crippen molar-refractivity contribution in [2.75, 3.05) is 17.1 Å². The topological polar surface area (TPSA) is 112 Å². The standard InChI is InChI=1S/C12H15NO6S/c1-8(11(14)15)7-13(20(2,18)19)10-5-3-9(4-6-10)12(16)17/h3-6,8H,7H2,1-2H3,(H,14,15)(H,16,17). The molecule has 0 amide bonds. The van der Waals surface area contributed by atoms with Crippen molar-refractivity contribution in [3.8, 4) is 0 Å². The molecule has 0 aliphatic carbocycles. The third-order valence-corrected chi connectivity index (χ3v) is 3.82. The number of sulfonamides is 1. The largest absolute Gasteiger partial charge is 0.481 e. The Kier molecular flexibility index (Phi) is 4.72. The zero-order chi connectivity index (χ0) is 15.5. The number of hydrogen-bond acceptors (Lipinski definition) is 4. The number of nitrogens with zero attached hydrogens (tertiary/aromatic N) is 1. The molecule has 0 bridgehead atoms. The molecule has 20 heavy (non-hydrogen) atoms. The predicted molar refractivity (Wildman–Crippen MR) is 72.4 cm³/mol. The average molecular weight is 301 g/mol. The van der Waals surface area contributed by atoms with Crippen molar-refractivity contribution in [3.05, 3.63) is 29.8 Å². The SMILES string of the molecule is CC(CN(c1ccc(C(=O)O)cc1)S(C)(=O)=O)C(=O)O. The van der Waals surface area contributed by atoms with Crippen molar-refractivity contribution in [3.63, 3.8) is 0 Å². The van der Waals surface area contributed by atoms with Crippen LogP contribution in [0.2, 0.25) is 0 Å². The van der Waals surface area contributed by atoms with Crippen LogP contribution in [-0.2, 0) is 14.8 Å². The van der Waals surface area contributed by atoms with Crippen LogP contribution < -0.4 is 4.31 Å². The molecule has 0 aliphatic heterocycles. The Balaban J connectivity index is 3.12. The van der Waals surface area contributed by atoms with Crippen molar-refractivity contribution >= 4 is 27.6 Å². The van der Waals surface area contributed by atoms with Crippen LogP contribution in [0.15, 0.2) is 24.3 Å². The molecule has 1 aromatic rings. The van der Waals surface area contributed by atoms with Gasteiger partial charge in [-0.2, -0.15) is 0 Å². The highest BCUT2D eigenvalue weighted by Crippen LogP contribution is 2.20. The van der Waals surface area contributed by atoms with Crippen LogP contribution >= 0.6 is 0 Å². The van der Waals surface area contributed by atoms with Gasteiger partial charge in [-0.15, -0.1) is 0 Å². The van der Waals surface area contributed by atoms with Crippen LogP contribution in [-0.4, -0.2) is 43.4 Å². The minimum atomic E-state index is -3.66. The maximum Gasteiger partial charge on any atom is 0.335 e. The fourth-order valence-corrected chi connectivity index (χ4v) is 2.53. The van der Waals surface area contributed by atoms with Gasteiger partial charge in [-0.05, 0) is 24.3 Å². The summed E-state index contributed by atoms with van der Waals surface area (Å²) in [6.45, 7) is 1.17. The Morgan fingerprint density at radius 1 is 1.20 bits per heavy atom. The number of carboxylic acid groups (broad SMARTS) is 2. The van der Waals surface area contributed by atoms with E-state index in [0.717, 1.165) is 10.6 Å². The van der Waals surface area contributed by atoms with E-state index >= 15 is 0 Å². The molecule has 2 N–H and O–H groups in total. The molecule has 1 atom stereocenters. The maximum atomic E-state index is 11.7. The number of carbonyl (C=O) groups is 2. The number of benzene rings is 1.